The molecule has 46 heavy (non-hydrogen) atoms. The number of nitrogens with zero attached hydrogens (tertiary/aromatic N) is 3. The summed E-state index contributed by atoms with van der Waals surface area (Å²) in [5.74, 6) is 0.725. The van der Waals surface area contributed by atoms with E-state index in [4.69, 9.17) is 9.97 Å². The molecule has 0 saturated carbocycles. The summed E-state index contributed by atoms with van der Waals surface area (Å²) in [6.45, 7) is 4.64. The van der Waals surface area contributed by atoms with Crippen LogP contribution in [0.4, 0.5) is 0 Å². The van der Waals surface area contributed by atoms with Gasteiger partial charge >= 0.3 is 0 Å². The van der Waals surface area contributed by atoms with E-state index in [1.807, 2.05) is 18.2 Å². The van der Waals surface area contributed by atoms with Crippen LogP contribution >= 0.6 is 0 Å². The molecule has 8 aromatic rings. The Bertz CT molecular complexity index is 2380. The van der Waals surface area contributed by atoms with Crippen molar-refractivity contribution in [1.82, 2.24) is 14.5 Å². The van der Waals surface area contributed by atoms with Gasteiger partial charge in [0.25, 0.3) is 0 Å². The lowest BCUT2D eigenvalue weighted by atomic mass is 9.82. The quantitative estimate of drug-likeness (QED) is 0.204. The topological polar surface area (TPSA) is 30.7 Å². The van der Waals surface area contributed by atoms with E-state index in [-0.39, 0.29) is 5.41 Å². The first-order chi connectivity index (χ1) is 22.6. The number of aromatic nitrogens is 3. The Balaban J connectivity index is 1.17. The van der Waals surface area contributed by atoms with Crippen molar-refractivity contribution in [3.63, 3.8) is 0 Å². The Morgan fingerprint density at radius 2 is 1.02 bits per heavy atom. The van der Waals surface area contributed by atoms with Crippen LogP contribution in [0.5, 0.6) is 0 Å². The molecule has 0 radical (unpaired) electrons. The zero-order valence-corrected chi connectivity index (χ0v) is 25.8. The molecule has 0 amide bonds. The van der Waals surface area contributed by atoms with Crippen LogP contribution < -0.4 is 0 Å². The first-order valence-corrected chi connectivity index (χ1v) is 15.8. The Hall–Kier alpha value is -5.80. The summed E-state index contributed by atoms with van der Waals surface area (Å²) in [5.41, 5.74) is 13.8. The van der Waals surface area contributed by atoms with Gasteiger partial charge in [0, 0.05) is 38.6 Å². The van der Waals surface area contributed by atoms with Crippen LogP contribution in [0.25, 0.3) is 72.5 Å². The van der Waals surface area contributed by atoms with E-state index in [0.717, 1.165) is 39.6 Å². The highest BCUT2D eigenvalue weighted by atomic mass is 15.0. The van der Waals surface area contributed by atoms with Crippen molar-refractivity contribution in [2.75, 3.05) is 0 Å². The first kappa shape index (κ1) is 26.6. The van der Waals surface area contributed by atoms with Gasteiger partial charge in [-0.25, -0.2) is 9.97 Å². The monoisotopic (exact) mass is 589 g/mol. The van der Waals surface area contributed by atoms with E-state index in [1.54, 1.807) is 0 Å². The van der Waals surface area contributed by atoms with E-state index in [9.17, 15) is 0 Å². The molecule has 3 nitrogen and oxygen atoms in total. The molecule has 3 heteroatoms. The van der Waals surface area contributed by atoms with Crippen LogP contribution in [0.1, 0.15) is 25.0 Å². The highest BCUT2D eigenvalue weighted by molar-refractivity contribution is 6.09. The fraction of sp³-hybridized carbons (Fsp3) is 0.0698. The SMILES string of the molecule is CC1(C)c2ccccc2-c2ccc(-c3cc(-c4ccc(-n5c6ccccc6c6ccccc65)cc4)nc(-c4ccccc4)n3)cc21. The van der Waals surface area contributed by atoms with Crippen molar-refractivity contribution in [2.45, 2.75) is 19.3 Å². The molecule has 0 unspecified atom stereocenters. The van der Waals surface area contributed by atoms with E-state index in [0.29, 0.717) is 0 Å². The summed E-state index contributed by atoms with van der Waals surface area (Å²) >= 11 is 0. The molecule has 0 spiro atoms. The standard InChI is InChI=1S/C43H31N3/c1-43(2)36-17-9-6-14-32(36)33-25-22-30(26-37(33)43)39-27-38(44-42(45-39)29-12-4-3-5-13-29)28-20-23-31(24-21-28)46-40-18-10-7-15-34(40)35-16-8-11-19-41(35)46/h3-27H,1-2H3. The smallest absolute Gasteiger partial charge is 0.160 e. The van der Waals surface area contributed by atoms with Crippen LogP contribution in [-0.4, -0.2) is 14.5 Å². The minimum Gasteiger partial charge on any atom is -0.309 e. The Morgan fingerprint density at radius 3 is 1.74 bits per heavy atom. The van der Waals surface area contributed by atoms with Gasteiger partial charge in [-0.05, 0) is 58.7 Å². The van der Waals surface area contributed by atoms with Crippen LogP contribution in [0, 0.1) is 0 Å². The van der Waals surface area contributed by atoms with Gasteiger partial charge in [0.05, 0.1) is 22.4 Å². The lowest BCUT2D eigenvalue weighted by Gasteiger charge is -2.22. The number of para-hydroxylation sites is 2. The fourth-order valence-electron chi connectivity index (χ4n) is 7.30. The van der Waals surface area contributed by atoms with Crippen molar-refractivity contribution in [3.8, 4) is 50.7 Å². The van der Waals surface area contributed by atoms with Gasteiger partial charge in [-0.1, -0.05) is 129 Å². The third kappa shape index (κ3) is 4.05. The minimum absolute atomic E-state index is 0.0807. The third-order valence-electron chi connectivity index (χ3n) is 9.64. The lowest BCUT2D eigenvalue weighted by Crippen LogP contribution is -2.14. The largest absolute Gasteiger partial charge is 0.309 e. The summed E-state index contributed by atoms with van der Waals surface area (Å²) in [4.78, 5) is 10.2. The molecular formula is C43H31N3. The second kappa shape index (κ2) is 10.1. The Kier molecular flexibility index (Phi) is 5.85. The predicted octanol–water partition coefficient (Wildman–Crippen LogP) is 10.9. The van der Waals surface area contributed by atoms with Gasteiger partial charge in [-0.2, -0.15) is 0 Å². The number of fused-ring (bicyclic) bond motifs is 6. The van der Waals surface area contributed by atoms with Crippen LogP contribution in [0.2, 0.25) is 0 Å². The fourth-order valence-corrected chi connectivity index (χ4v) is 7.30. The minimum atomic E-state index is -0.0807. The Morgan fingerprint density at radius 1 is 0.457 bits per heavy atom. The van der Waals surface area contributed by atoms with Crippen molar-refractivity contribution >= 4 is 21.8 Å². The first-order valence-electron chi connectivity index (χ1n) is 15.8. The Labute approximate surface area is 268 Å². The molecule has 0 N–H and O–H groups in total. The van der Waals surface area contributed by atoms with Crippen molar-refractivity contribution in [3.05, 3.63) is 163 Å². The second-order valence-corrected chi connectivity index (χ2v) is 12.7. The highest BCUT2D eigenvalue weighted by Gasteiger charge is 2.35. The van der Waals surface area contributed by atoms with Crippen LogP contribution in [0.15, 0.2) is 152 Å². The molecule has 9 rings (SSSR count). The van der Waals surface area contributed by atoms with Crippen LogP contribution in [0.3, 0.4) is 0 Å². The average Bonchev–Trinajstić information content (AvgIpc) is 3.57. The second-order valence-electron chi connectivity index (χ2n) is 12.7. The normalized spacial score (nSPS) is 13.2. The molecular weight excluding hydrogens is 558 g/mol. The molecule has 0 bridgehead atoms. The summed E-state index contributed by atoms with van der Waals surface area (Å²) < 4.78 is 2.35. The average molecular weight is 590 g/mol. The molecule has 218 valence electrons. The van der Waals surface area contributed by atoms with E-state index >= 15 is 0 Å². The lowest BCUT2D eigenvalue weighted by molar-refractivity contribution is 0.660. The van der Waals surface area contributed by atoms with E-state index < -0.39 is 0 Å². The van der Waals surface area contributed by atoms with Crippen molar-refractivity contribution in [2.24, 2.45) is 0 Å². The predicted molar refractivity (Wildman–Crippen MR) is 190 cm³/mol. The van der Waals surface area contributed by atoms with Gasteiger partial charge in [0.1, 0.15) is 0 Å². The van der Waals surface area contributed by atoms with Crippen molar-refractivity contribution in [1.29, 1.82) is 0 Å². The summed E-state index contributed by atoms with van der Waals surface area (Å²) in [7, 11) is 0. The maximum absolute atomic E-state index is 5.13. The third-order valence-corrected chi connectivity index (χ3v) is 9.64. The summed E-state index contributed by atoms with van der Waals surface area (Å²) in [6.07, 6.45) is 0. The molecule has 0 aliphatic heterocycles. The molecule has 1 aliphatic rings. The zero-order valence-electron chi connectivity index (χ0n) is 25.8. The maximum Gasteiger partial charge on any atom is 0.160 e. The number of benzene rings is 6. The van der Waals surface area contributed by atoms with Gasteiger partial charge in [-0.15, -0.1) is 0 Å². The zero-order chi connectivity index (χ0) is 30.8. The van der Waals surface area contributed by atoms with Gasteiger partial charge < -0.3 is 4.57 Å². The summed E-state index contributed by atoms with van der Waals surface area (Å²) in [6, 6.07) is 54.0. The van der Waals surface area contributed by atoms with E-state index in [2.05, 4.69) is 152 Å². The summed E-state index contributed by atoms with van der Waals surface area (Å²) in [5, 5.41) is 2.52. The molecule has 0 fully saturated rings. The number of hydrogen-bond donors (Lipinski definition) is 0. The van der Waals surface area contributed by atoms with Gasteiger partial charge in [-0.3, -0.25) is 0 Å². The van der Waals surface area contributed by atoms with Gasteiger partial charge in [0.2, 0.25) is 0 Å². The molecule has 0 saturated heterocycles. The maximum atomic E-state index is 5.13. The molecule has 1 aliphatic carbocycles. The van der Waals surface area contributed by atoms with Gasteiger partial charge in [0.15, 0.2) is 5.82 Å². The molecule has 2 heterocycles. The van der Waals surface area contributed by atoms with E-state index in [1.165, 1.54) is 44.1 Å². The molecule has 6 aromatic carbocycles. The number of rotatable bonds is 4. The molecule has 2 aromatic heterocycles. The molecule has 0 atom stereocenters. The van der Waals surface area contributed by atoms with Crippen LogP contribution in [-0.2, 0) is 5.41 Å². The van der Waals surface area contributed by atoms with Crippen molar-refractivity contribution < 1.29 is 0 Å². The number of hydrogen-bond acceptors (Lipinski definition) is 2. The highest BCUT2D eigenvalue weighted by Crippen LogP contribution is 2.49.